The third-order valence-electron chi connectivity index (χ3n) is 2.12. The first-order valence-electron chi connectivity index (χ1n) is 5.00. The van der Waals surface area contributed by atoms with Gasteiger partial charge in [0.1, 0.15) is 0 Å². The zero-order valence-corrected chi connectivity index (χ0v) is 9.71. The number of amides is 2. The fraction of sp³-hybridized carbons (Fsp3) is 0.0909. The number of H-pyrrole nitrogens is 1. The molecule has 0 aliphatic heterocycles. The van der Waals surface area contributed by atoms with Crippen LogP contribution in [0.3, 0.4) is 0 Å². The summed E-state index contributed by atoms with van der Waals surface area (Å²) in [7, 11) is 0. The number of hydrogen-bond donors (Lipinski definition) is 3. The van der Waals surface area contributed by atoms with E-state index in [4.69, 9.17) is 11.6 Å². The molecule has 0 saturated carbocycles. The molecule has 0 aliphatic rings. The van der Waals surface area contributed by atoms with Crippen LogP contribution in [-0.2, 0) is 0 Å². The molecule has 0 unspecified atom stereocenters. The molecule has 0 fully saturated rings. The van der Waals surface area contributed by atoms with Crippen molar-refractivity contribution in [3.05, 3.63) is 36.1 Å². The number of aromatic amines is 1. The number of anilines is 1. The summed E-state index contributed by atoms with van der Waals surface area (Å²) >= 11 is 5.73. The number of aromatic nitrogens is 2. The van der Waals surface area contributed by atoms with E-state index in [1.165, 1.54) is 0 Å². The molecule has 17 heavy (non-hydrogen) atoms. The molecule has 1 heterocycles. The summed E-state index contributed by atoms with van der Waals surface area (Å²) in [6.07, 6.45) is 1.61. The molecule has 0 radical (unpaired) electrons. The highest BCUT2D eigenvalue weighted by molar-refractivity contribution is 6.29. The van der Waals surface area contributed by atoms with Crippen molar-refractivity contribution in [2.75, 3.05) is 11.9 Å². The van der Waals surface area contributed by atoms with Gasteiger partial charge in [-0.3, -0.25) is 0 Å². The normalized spacial score (nSPS) is 10.2. The number of nitrogens with zero attached hydrogens (tertiary/aromatic N) is 1. The van der Waals surface area contributed by atoms with Crippen LogP contribution in [-0.4, -0.2) is 22.5 Å². The van der Waals surface area contributed by atoms with Crippen LogP contribution in [0.2, 0.25) is 5.28 Å². The number of rotatable bonds is 3. The molecule has 6 heteroatoms. The van der Waals surface area contributed by atoms with Crippen molar-refractivity contribution in [3.8, 4) is 0 Å². The van der Waals surface area contributed by atoms with Crippen molar-refractivity contribution >= 4 is 34.4 Å². The summed E-state index contributed by atoms with van der Waals surface area (Å²) in [4.78, 5) is 18.3. The van der Waals surface area contributed by atoms with Gasteiger partial charge in [0.25, 0.3) is 0 Å². The lowest BCUT2D eigenvalue weighted by Gasteiger charge is -2.05. The van der Waals surface area contributed by atoms with Gasteiger partial charge in [-0.15, -0.1) is 6.58 Å². The summed E-state index contributed by atoms with van der Waals surface area (Å²) in [6, 6.07) is 5.02. The number of benzene rings is 1. The van der Waals surface area contributed by atoms with E-state index >= 15 is 0 Å². The lowest BCUT2D eigenvalue weighted by molar-refractivity contribution is 0.253. The molecule has 1 aromatic carbocycles. The fourth-order valence-corrected chi connectivity index (χ4v) is 1.59. The maximum atomic E-state index is 11.4. The number of halogens is 1. The fourth-order valence-electron chi connectivity index (χ4n) is 1.40. The molecule has 3 N–H and O–H groups in total. The number of imidazole rings is 1. The number of carbonyl (C=O) groups is 1. The first kappa shape index (κ1) is 11.5. The number of hydrogen-bond acceptors (Lipinski definition) is 2. The SMILES string of the molecule is C=CCNC(=O)Nc1ccc2nc(Cl)[nH]c2c1. The van der Waals surface area contributed by atoms with E-state index in [1.54, 1.807) is 24.3 Å². The molecule has 1 aromatic heterocycles. The molecule has 2 rings (SSSR count). The van der Waals surface area contributed by atoms with Crippen LogP contribution in [0.4, 0.5) is 10.5 Å². The molecule has 0 saturated heterocycles. The Kier molecular flexibility index (Phi) is 3.30. The van der Waals surface area contributed by atoms with Gasteiger partial charge < -0.3 is 15.6 Å². The van der Waals surface area contributed by atoms with Crippen LogP contribution in [0.15, 0.2) is 30.9 Å². The Morgan fingerprint density at radius 3 is 3.18 bits per heavy atom. The van der Waals surface area contributed by atoms with E-state index in [0.29, 0.717) is 17.5 Å². The van der Waals surface area contributed by atoms with Gasteiger partial charge in [0.2, 0.25) is 5.28 Å². The van der Waals surface area contributed by atoms with E-state index in [-0.39, 0.29) is 6.03 Å². The Balaban J connectivity index is 2.13. The van der Waals surface area contributed by atoms with Gasteiger partial charge in [-0.1, -0.05) is 6.08 Å². The number of carbonyl (C=O) groups excluding carboxylic acids is 1. The average Bonchev–Trinajstić information content (AvgIpc) is 2.65. The molecule has 0 bridgehead atoms. The highest BCUT2D eigenvalue weighted by Gasteiger charge is 2.04. The lowest BCUT2D eigenvalue weighted by atomic mass is 10.3. The van der Waals surface area contributed by atoms with Crippen LogP contribution in [0.25, 0.3) is 11.0 Å². The summed E-state index contributed by atoms with van der Waals surface area (Å²) in [5, 5.41) is 5.63. The quantitative estimate of drug-likeness (QED) is 0.733. The second-order valence-electron chi connectivity index (χ2n) is 3.38. The summed E-state index contributed by atoms with van der Waals surface area (Å²) in [5.74, 6) is 0. The number of nitrogens with one attached hydrogen (secondary N) is 3. The molecule has 2 aromatic rings. The average molecular weight is 251 g/mol. The Labute approximate surface area is 103 Å². The van der Waals surface area contributed by atoms with Crippen molar-refractivity contribution in [2.24, 2.45) is 0 Å². The molecule has 0 atom stereocenters. The molecular formula is C11H11ClN4O. The standard InChI is InChI=1S/C11H11ClN4O/c1-2-5-13-11(17)14-7-3-4-8-9(6-7)16-10(12)15-8/h2-4,6H,1,5H2,(H,15,16)(H2,13,14,17). The predicted molar refractivity (Wildman–Crippen MR) is 68.3 cm³/mol. The Hall–Kier alpha value is -2.01. The molecule has 0 aliphatic carbocycles. The third kappa shape index (κ3) is 2.76. The lowest BCUT2D eigenvalue weighted by Crippen LogP contribution is -2.28. The van der Waals surface area contributed by atoms with Gasteiger partial charge in [-0.05, 0) is 29.8 Å². The van der Waals surface area contributed by atoms with E-state index in [1.807, 2.05) is 0 Å². The van der Waals surface area contributed by atoms with Gasteiger partial charge in [0.05, 0.1) is 11.0 Å². The van der Waals surface area contributed by atoms with Gasteiger partial charge in [-0.25, -0.2) is 9.78 Å². The topological polar surface area (TPSA) is 69.8 Å². The van der Waals surface area contributed by atoms with Crippen LogP contribution >= 0.6 is 11.6 Å². The zero-order valence-electron chi connectivity index (χ0n) is 8.96. The highest BCUT2D eigenvalue weighted by Crippen LogP contribution is 2.18. The highest BCUT2D eigenvalue weighted by atomic mass is 35.5. The second-order valence-corrected chi connectivity index (χ2v) is 3.74. The maximum absolute atomic E-state index is 11.4. The Morgan fingerprint density at radius 1 is 1.59 bits per heavy atom. The number of fused-ring (bicyclic) bond motifs is 1. The number of urea groups is 1. The largest absolute Gasteiger partial charge is 0.334 e. The zero-order chi connectivity index (χ0) is 12.3. The van der Waals surface area contributed by atoms with Crippen molar-refractivity contribution in [2.45, 2.75) is 0 Å². The van der Waals surface area contributed by atoms with Gasteiger partial charge >= 0.3 is 6.03 Å². The third-order valence-corrected chi connectivity index (χ3v) is 2.30. The van der Waals surface area contributed by atoms with E-state index < -0.39 is 0 Å². The first-order valence-corrected chi connectivity index (χ1v) is 5.38. The molecular weight excluding hydrogens is 240 g/mol. The van der Waals surface area contributed by atoms with Crippen LogP contribution in [0.5, 0.6) is 0 Å². The minimum atomic E-state index is -0.283. The van der Waals surface area contributed by atoms with Gasteiger partial charge in [0.15, 0.2) is 0 Å². The maximum Gasteiger partial charge on any atom is 0.319 e. The van der Waals surface area contributed by atoms with Crippen LogP contribution in [0, 0.1) is 0 Å². The molecule has 2 amide bonds. The summed E-state index contributed by atoms with van der Waals surface area (Å²) < 4.78 is 0. The first-order chi connectivity index (χ1) is 8.19. The smallest absolute Gasteiger partial charge is 0.319 e. The predicted octanol–water partition coefficient (Wildman–Crippen LogP) is 2.52. The van der Waals surface area contributed by atoms with Gasteiger partial charge in [-0.2, -0.15) is 0 Å². The summed E-state index contributed by atoms with van der Waals surface area (Å²) in [6.45, 7) is 3.93. The Morgan fingerprint density at radius 2 is 2.41 bits per heavy atom. The van der Waals surface area contributed by atoms with E-state index in [9.17, 15) is 4.79 Å². The van der Waals surface area contributed by atoms with E-state index in [2.05, 4.69) is 27.2 Å². The monoisotopic (exact) mass is 250 g/mol. The van der Waals surface area contributed by atoms with Crippen molar-refractivity contribution in [1.82, 2.24) is 15.3 Å². The molecule has 5 nitrogen and oxygen atoms in total. The van der Waals surface area contributed by atoms with Crippen LogP contribution in [0.1, 0.15) is 0 Å². The van der Waals surface area contributed by atoms with Crippen LogP contribution < -0.4 is 10.6 Å². The molecule has 0 spiro atoms. The second kappa shape index (κ2) is 4.88. The van der Waals surface area contributed by atoms with Crippen molar-refractivity contribution < 1.29 is 4.79 Å². The minimum Gasteiger partial charge on any atom is -0.334 e. The van der Waals surface area contributed by atoms with Gasteiger partial charge in [0, 0.05) is 12.2 Å². The van der Waals surface area contributed by atoms with Crippen molar-refractivity contribution in [1.29, 1.82) is 0 Å². The Bertz CT molecular complexity index is 564. The minimum absolute atomic E-state index is 0.283. The summed E-state index contributed by atoms with van der Waals surface area (Å²) in [5.41, 5.74) is 2.20. The molecule has 88 valence electrons. The van der Waals surface area contributed by atoms with E-state index in [0.717, 1.165) is 11.0 Å². The van der Waals surface area contributed by atoms with Crippen molar-refractivity contribution in [3.63, 3.8) is 0 Å².